The van der Waals surface area contributed by atoms with Crippen molar-refractivity contribution in [3.05, 3.63) is 34.6 Å². The highest BCUT2D eigenvalue weighted by Gasteiger charge is 2.33. The Hall–Kier alpha value is -1.78. The maximum absolute atomic E-state index is 12.9. The van der Waals surface area contributed by atoms with E-state index in [2.05, 4.69) is 9.82 Å². The summed E-state index contributed by atoms with van der Waals surface area (Å²) >= 11 is 6.05. The summed E-state index contributed by atoms with van der Waals surface area (Å²) in [5, 5.41) is 4.57. The van der Waals surface area contributed by atoms with E-state index in [-0.39, 0.29) is 33.2 Å². The molecule has 0 radical (unpaired) electrons. The maximum Gasteiger partial charge on any atom is 0.265 e. The van der Waals surface area contributed by atoms with Crippen LogP contribution >= 0.6 is 11.6 Å². The number of sulfonamides is 1. The number of benzene rings is 1. The molecule has 0 saturated carbocycles. The molecule has 1 aliphatic rings. The Bertz CT molecular complexity index is 1090. The van der Waals surface area contributed by atoms with E-state index in [9.17, 15) is 16.8 Å². The summed E-state index contributed by atoms with van der Waals surface area (Å²) in [7, 11) is -5.57. The zero-order chi connectivity index (χ0) is 20.0. The van der Waals surface area contributed by atoms with Crippen molar-refractivity contribution in [2.45, 2.75) is 31.2 Å². The third kappa shape index (κ3) is 3.92. The highest BCUT2D eigenvalue weighted by atomic mass is 35.5. The average molecular weight is 434 g/mol. The number of rotatable bonds is 5. The molecular weight excluding hydrogens is 414 g/mol. The number of aryl methyl sites for hydroxylation is 1. The number of methoxy groups -OCH3 is 1. The Morgan fingerprint density at radius 3 is 2.59 bits per heavy atom. The molecule has 148 valence electrons. The lowest BCUT2D eigenvalue weighted by molar-refractivity contribution is 0.415. The molecule has 0 unspecified atom stereocenters. The number of nitrogens with zero attached hydrogens (tertiary/aromatic N) is 2. The highest BCUT2D eigenvalue weighted by Crippen LogP contribution is 2.31. The van der Waals surface area contributed by atoms with Gasteiger partial charge in [-0.05, 0) is 38.5 Å². The minimum Gasteiger partial charge on any atom is -0.495 e. The molecule has 1 saturated heterocycles. The summed E-state index contributed by atoms with van der Waals surface area (Å²) < 4.78 is 58.4. The highest BCUT2D eigenvalue weighted by molar-refractivity contribution is 7.92. The van der Waals surface area contributed by atoms with E-state index in [0.29, 0.717) is 23.6 Å². The number of hydrogen-bond acceptors (Lipinski definition) is 6. The first kappa shape index (κ1) is 20.0. The number of halogens is 1. The summed E-state index contributed by atoms with van der Waals surface area (Å²) in [6, 6.07) is 4.21. The molecule has 2 aromatic rings. The van der Waals surface area contributed by atoms with Crippen LogP contribution in [0.25, 0.3) is 0 Å². The molecule has 0 amide bonds. The number of anilines is 1. The fourth-order valence-electron chi connectivity index (χ4n) is 3.30. The van der Waals surface area contributed by atoms with Gasteiger partial charge in [-0.3, -0.25) is 9.40 Å². The van der Waals surface area contributed by atoms with E-state index in [1.54, 1.807) is 26.0 Å². The monoisotopic (exact) mass is 433 g/mol. The van der Waals surface area contributed by atoms with Crippen LogP contribution in [0.15, 0.2) is 23.1 Å². The van der Waals surface area contributed by atoms with Gasteiger partial charge in [0.25, 0.3) is 10.0 Å². The Morgan fingerprint density at radius 2 is 2.04 bits per heavy atom. The molecule has 0 spiro atoms. The van der Waals surface area contributed by atoms with Gasteiger partial charge in [-0.1, -0.05) is 11.6 Å². The Morgan fingerprint density at radius 1 is 1.33 bits per heavy atom. The first-order valence-corrected chi connectivity index (χ1v) is 11.8. The summed E-state index contributed by atoms with van der Waals surface area (Å²) in [5.74, 6) is 0.485. The van der Waals surface area contributed by atoms with Crippen LogP contribution in [-0.2, 0) is 19.9 Å². The maximum atomic E-state index is 12.9. The van der Waals surface area contributed by atoms with E-state index in [1.165, 1.54) is 17.9 Å². The van der Waals surface area contributed by atoms with Gasteiger partial charge in [0.2, 0.25) is 0 Å². The van der Waals surface area contributed by atoms with Gasteiger partial charge in [-0.2, -0.15) is 5.10 Å². The van der Waals surface area contributed by atoms with Crippen molar-refractivity contribution in [1.29, 1.82) is 0 Å². The topological polar surface area (TPSA) is 107 Å². The van der Waals surface area contributed by atoms with Crippen LogP contribution in [0.2, 0.25) is 5.02 Å². The molecule has 1 N–H and O–H groups in total. The molecule has 1 aromatic carbocycles. The molecule has 2 heterocycles. The van der Waals surface area contributed by atoms with Gasteiger partial charge in [0.15, 0.2) is 9.84 Å². The van der Waals surface area contributed by atoms with Crippen molar-refractivity contribution in [2.75, 3.05) is 23.3 Å². The summed E-state index contributed by atoms with van der Waals surface area (Å²) in [6.45, 7) is 3.21. The first-order chi connectivity index (χ1) is 12.5. The fraction of sp³-hybridized carbons (Fsp3) is 0.438. The smallest absolute Gasteiger partial charge is 0.265 e. The third-order valence-electron chi connectivity index (χ3n) is 4.49. The summed E-state index contributed by atoms with van der Waals surface area (Å²) in [5.41, 5.74) is 1.00. The second kappa shape index (κ2) is 6.99. The predicted molar refractivity (Wildman–Crippen MR) is 103 cm³/mol. The molecule has 0 bridgehead atoms. The second-order valence-electron chi connectivity index (χ2n) is 6.46. The lowest BCUT2D eigenvalue weighted by Crippen LogP contribution is -2.17. The van der Waals surface area contributed by atoms with E-state index >= 15 is 0 Å². The van der Waals surface area contributed by atoms with E-state index in [4.69, 9.17) is 16.3 Å². The number of ether oxygens (including phenoxy) is 1. The van der Waals surface area contributed by atoms with Gasteiger partial charge < -0.3 is 4.74 Å². The number of nitrogens with one attached hydrogen (secondary N) is 1. The quantitative estimate of drug-likeness (QED) is 0.775. The van der Waals surface area contributed by atoms with Crippen molar-refractivity contribution in [1.82, 2.24) is 9.78 Å². The van der Waals surface area contributed by atoms with Crippen LogP contribution in [0.1, 0.15) is 23.9 Å². The van der Waals surface area contributed by atoms with Gasteiger partial charge in [-0.25, -0.2) is 16.8 Å². The molecule has 1 atom stereocenters. The molecule has 1 aromatic heterocycles. The van der Waals surface area contributed by atoms with Crippen molar-refractivity contribution in [3.63, 3.8) is 0 Å². The molecule has 1 fully saturated rings. The van der Waals surface area contributed by atoms with E-state index < -0.39 is 19.9 Å². The molecule has 0 aliphatic carbocycles. The van der Waals surface area contributed by atoms with E-state index in [0.717, 1.165) is 0 Å². The van der Waals surface area contributed by atoms with Crippen LogP contribution < -0.4 is 9.46 Å². The number of hydrogen-bond donors (Lipinski definition) is 1. The van der Waals surface area contributed by atoms with Crippen LogP contribution in [0.5, 0.6) is 5.75 Å². The SMILES string of the molecule is COc1ccc(NS(=O)(=O)c2c(C)nn([C@H]3CCS(=O)(=O)C3)c2C)cc1Cl. The lowest BCUT2D eigenvalue weighted by Gasteiger charge is -2.13. The Balaban J connectivity index is 1.94. The Labute approximate surface area is 163 Å². The molecular formula is C16H20ClN3O5S2. The number of sulfone groups is 1. The average Bonchev–Trinajstić information content (AvgIpc) is 3.06. The van der Waals surface area contributed by atoms with Gasteiger partial charge in [0.05, 0.1) is 46.8 Å². The predicted octanol–water partition coefficient (Wildman–Crippen LogP) is 2.32. The Kier molecular flexibility index (Phi) is 5.17. The van der Waals surface area contributed by atoms with Crippen molar-refractivity contribution in [2.24, 2.45) is 0 Å². The van der Waals surface area contributed by atoms with Gasteiger partial charge in [-0.15, -0.1) is 0 Å². The van der Waals surface area contributed by atoms with Crippen LogP contribution in [-0.4, -0.2) is 45.2 Å². The van der Waals surface area contributed by atoms with Gasteiger partial charge in [0, 0.05) is 0 Å². The standard InChI is InChI=1S/C16H20ClN3O5S2/c1-10-16(11(2)20(18-10)13-6-7-26(21,22)9-13)27(23,24)19-12-4-5-15(25-3)14(17)8-12/h4-5,8,13,19H,6-7,9H2,1-3H3/t13-/m0/s1. The largest absolute Gasteiger partial charge is 0.495 e. The fourth-order valence-corrected chi connectivity index (χ4v) is 6.70. The van der Waals surface area contributed by atoms with E-state index in [1.807, 2.05) is 0 Å². The second-order valence-corrected chi connectivity index (χ2v) is 10.7. The minimum atomic E-state index is -3.93. The van der Waals surface area contributed by atoms with Crippen molar-refractivity contribution >= 4 is 37.1 Å². The zero-order valence-electron chi connectivity index (χ0n) is 15.1. The van der Waals surface area contributed by atoms with Crippen molar-refractivity contribution < 1.29 is 21.6 Å². The molecule has 3 rings (SSSR count). The minimum absolute atomic E-state index is 0.0318. The van der Waals surface area contributed by atoms with Crippen LogP contribution in [0.3, 0.4) is 0 Å². The zero-order valence-corrected chi connectivity index (χ0v) is 17.4. The normalized spacial score (nSPS) is 19.2. The first-order valence-electron chi connectivity index (χ1n) is 8.16. The van der Waals surface area contributed by atoms with Crippen molar-refractivity contribution in [3.8, 4) is 5.75 Å². The molecule has 27 heavy (non-hydrogen) atoms. The van der Waals surface area contributed by atoms with Crippen LogP contribution in [0, 0.1) is 13.8 Å². The molecule has 11 heteroatoms. The third-order valence-corrected chi connectivity index (χ3v) is 8.16. The van der Waals surface area contributed by atoms with Gasteiger partial charge in [0.1, 0.15) is 10.6 Å². The summed E-state index contributed by atoms with van der Waals surface area (Å²) in [6.07, 6.45) is 0.422. The number of aromatic nitrogens is 2. The molecule has 1 aliphatic heterocycles. The van der Waals surface area contributed by atoms with Gasteiger partial charge >= 0.3 is 0 Å². The summed E-state index contributed by atoms with van der Waals surface area (Å²) in [4.78, 5) is 0.0405. The molecule has 8 nitrogen and oxygen atoms in total. The van der Waals surface area contributed by atoms with Crippen LogP contribution in [0.4, 0.5) is 5.69 Å². The lowest BCUT2D eigenvalue weighted by atomic mass is 10.2.